The molecule has 3 nitrogen and oxygen atoms in total. The van der Waals surface area contributed by atoms with Gasteiger partial charge in [0, 0.05) is 10.5 Å². The van der Waals surface area contributed by atoms with Crippen molar-refractivity contribution in [3.63, 3.8) is 0 Å². The minimum Gasteiger partial charge on any atom is -0.415 e. The summed E-state index contributed by atoms with van der Waals surface area (Å²) in [5.74, 6) is -0.841. The second-order valence-corrected chi connectivity index (χ2v) is 5.31. The van der Waals surface area contributed by atoms with Gasteiger partial charge >= 0.3 is 5.76 Å². The highest BCUT2D eigenvalue weighted by atomic mass is 32.2. The van der Waals surface area contributed by atoms with Crippen molar-refractivity contribution < 1.29 is 8.81 Å². The van der Waals surface area contributed by atoms with Crippen LogP contribution in [0.15, 0.2) is 68.9 Å². The molecule has 0 atom stereocenters. The maximum Gasteiger partial charge on any atom is 0.424 e. The van der Waals surface area contributed by atoms with E-state index in [0.717, 1.165) is 10.5 Å². The topological polar surface area (TPSA) is 35.1 Å². The summed E-state index contributed by atoms with van der Waals surface area (Å²) in [7, 11) is 0. The molecule has 0 radical (unpaired) electrons. The highest BCUT2D eigenvalue weighted by molar-refractivity contribution is 7.98. The van der Waals surface area contributed by atoms with Crippen LogP contribution in [-0.2, 0) is 0 Å². The molecule has 0 unspecified atom stereocenters. The van der Waals surface area contributed by atoms with E-state index in [1.165, 1.54) is 23.0 Å². The second-order valence-electron chi connectivity index (χ2n) is 4.43. The molecule has 0 bridgehead atoms. The van der Waals surface area contributed by atoms with Gasteiger partial charge in [-0.1, -0.05) is 12.1 Å². The van der Waals surface area contributed by atoms with Crippen LogP contribution in [0.25, 0.3) is 16.9 Å². The maximum atomic E-state index is 13.0. The van der Waals surface area contributed by atoms with E-state index < -0.39 is 5.76 Å². The van der Waals surface area contributed by atoms with Crippen LogP contribution >= 0.6 is 11.8 Å². The Morgan fingerprint density at radius 2 is 1.71 bits per heavy atom. The van der Waals surface area contributed by atoms with Gasteiger partial charge in [0.1, 0.15) is 12.1 Å². The van der Waals surface area contributed by atoms with Gasteiger partial charge in [-0.2, -0.15) is 0 Å². The zero-order chi connectivity index (χ0) is 14.8. The lowest BCUT2D eigenvalue weighted by molar-refractivity contribution is 0.504. The van der Waals surface area contributed by atoms with Gasteiger partial charge in [-0.05, 0) is 42.7 Å². The summed E-state index contributed by atoms with van der Waals surface area (Å²) in [6, 6.07) is 13.5. The van der Waals surface area contributed by atoms with Gasteiger partial charge in [-0.25, -0.2) is 13.8 Å². The second kappa shape index (κ2) is 5.61. The van der Waals surface area contributed by atoms with Gasteiger partial charge in [0.05, 0.1) is 11.4 Å². The van der Waals surface area contributed by atoms with Gasteiger partial charge in [-0.15, -0.1) is 11.8 Å². The van der Waals surface area contributed by atoms with E-state index in [1.54, 1.807) is 23.9 Å². The molecule has 0 fully saturated rings. The molecule has 0 aliphatic rings. The summed E-state index contributed by atoms with van der Waals surface area (Å²) in [5.41, 5.74) is 2.07. The summed E-state index contributed by atoms with van der Waals surface area (Å²) in [6.07, 6.45) is 3.42. The molecule has 0 saturated heterocycles. The largest absolute Gasteiger partial charge is 0.424 e. The number of benzene rings is 2. The zero-order valence-electron chi connectivity index (χ0n) is 11.2. The Morgan fingerprint density at radius 1 is 1.05 bits per heavy atom. The van der Waals surface area contributed by atoms with E-state index in [-0.39, 0.29) is 5.82 Å². The number of hydrogen-bond acceptors (Lipinski definition) is 3. The first kappa shape index (κ1) is 13.7. The zero-order valence-corrected chi connectivity index (χ0v) is 12.1. The van der Waals surface area contributed by atoms with Crippen LogP contribution in [-0.4, -0.2) is 10.8 Å². The van der Waals surface area contributed by atoms with Gasteiger partial charge in [0.15, 0.2) is 0 Å². The van der Waals surface area contributed by atoms with Crippen molar-refractivity contribution in [3.8, 4) is 16.9 Å². The van der Waals surface area contributed by atoms with Crippen molar-refractivity contribution in [1.29, 1.82) is 0 Å². The van der Waals surface area contributed by atoms with Crippen LogP contribution in [0.5, 0.6) is 0 Å². The number of aromatic nitrogens is 1. The summed E-state index contributed by atoms with van der Waals surface area (Å²) in [5, 5.41) is 0. The molecule has 3 aromatic rings. The van der Waals surface area contributed by atoms with Crippen LogP contribution in [0.1, 0.15) is 0 Å². The van der Waals surface area contributed by atoms with Gasteiger partial charge in [-0.3, -0.25) is 0 Å². The summed E-state index contributed by atoms with van der Waals surface area (Å²) < 4.78 is 19.4. The molecular formula is C16H12FNO2S. The summed E-state index contributed by atoms with van der Waals surface area (Å²) in [4.78, 5) is 13.1. The molecule has 2 aromatic carbocycles. The molecule has 0 amide bonds. The average Bonchev–Trinajstić information content (AvgIpc) is 2.90. The molecule has 0 spiro atoms. The third-order valence-electron chi connectivity index (χ3n) is 3.17. The van der Waals surface area contributed by atoms with Crippen LogP contribution in [0.2, 0.25) is 0 Å². The maximum absolute atomic E-state index is 13.0. The van der Waals surface area contributed by atoms with Gasteiger partial charge in [0.25, 0.3) is 0 Å². The Kier molecular flexibility index (Phi) is 3.66. The van der Waals surface area contributed by atoms with Crippen molar-refractivity contribution in [1.82, 2.24) is 4.57 Å². The molecule has 0 aliphatic carbocycles. The standard InChI is InChI=1S/C16H12FNO2S/c1-21-14-8-2-11(3-9-14)15-10-20-16(19)18(15)13-6-4-12(17)5-7-13/h2-10H,1H3. The smallest absolute Gasteiger partial charge is 0.415 e. The Hall–Kier alpha value is -2.27. The Morgan fingerprint density at radius 3 is 2.33 bits per heavy atom. The highest BCUT2D eigenvalue weighted by Crippen LogP contribution is 2.24. The van der Waals surface area contributed by atoms with Crippen LogP contribution < -0.4 is 5.76 Å². The van der Waals surface area contributed by atoms with Gasteiger partial charge in [0.2, 0.25) is 0 Å². The predicted molar refractivity (Wildman–Crippen MR) is 81.5 cm³/mol. The first-order valence-corrected chi connectivity index (χ1v) is 7.52. The summed E-state index contributed by atoms with van der Waals surface area (Å²) in [6.45, 7) is 0. The molecule has 3 rings (SSSR count). The van der Waals surface area contributed by atoms with E-state index in [4.69, 9.17) is 4.42 Å². The van der Waals surface area contributed by atoms with Crippen LogP contribution in [0, 0.1) is 5.82 Å². The first-order valence-electron chi connectivity index (χ1n) is 6.30. The number of thioether (sulfide) groups is 1. The third kappa shape index (κ3) is 2.64. The number of nitrogens with zero attached hydrogens (tertiary/aromatic N) is 1. The lowest BCUT2D eigenvalue weighted by atomic mass is 10.1. The number of rotatable bonds is 3. The minimum atomic E-state index is -0.495. The normalized spacial score (nSPS) is 10.8. The monoisotopic (exact) mass is 301 g/mol. The van der Waals surface area contributed by atoms with Crippen molar-refractivity contribution in [2.24, 2.45) is 0 Å². The molecule has 1 heterocycles. The Labute approximate surface area is 125 Å². The molecule has 1 aromatic heterocycles. The fourth-order valence-corrected chi connectivity index (χ4v) is 2.51. The number of hydrogen-bond donors (Lipinski definition) is 0. The van der Waals surface area contributed by atoms with Gasteiger partial charge < -0.3 is 4.42 Å². The third-order valence-corrected chi connectivity index (χ3v) is 3.91. The van der Waals surface area contributed by atoms with E-state index in [0.29, 0.717) is 11.4 Å². The molecular weight excluding hydrogens is 289 g/mol. The SMILES string of the molecule is CSc1ccc(-c2coc(=O)n2-c2ccc(F)cc2)cc1. The highest BCUT2D eigenvalue weighted by Gasteiger charge is 2.12. The summed E-state index contributed by atoms with van der Waals surface area (Å²) >= 11 is 1.65. The molecule has 0 aliphatic heterocycles. The van der Waals surface area contributed by atoms with Crippen molar-refractivity contribution in [2.45, 2.75) is 4.90 Å². The average molecular weight is 301 g/mol. The first-order chi connectivity index (χ1) is 10.2. The van der Waals surface area contributed by atoms with E-state index >= 15 is 0 Å². The van der Waals surface area contributed by atoms with E-state index in [2.05, 4.69) is 0 Å². The minimum absolute atomic E-state index is 0.346. The van der Waals surface area contributed by atoms with E-state index in [1.807, 2.05) is 30.5 Å². The van der Waals surface area contributed by atoms with Crippen LogP contribution in [0.4, 0.5) is 4.39 Å². The molecule has 106 valence electrons. The quantitative estimate of drug-likeness (QED) is 0.687. The lowest BCUT2D eigenvalue weighted by Gasteiger charge is -2.06. The van der Waals surface area contributed by atoms with Crippen molar-refractivity contribution in [2.75, 3.05) is 6.26 Å². The fraction of sp³-hybridized carbons (Fsp3) is 0.0625. The molecule has 21 heavy (non-hydrogen) atoms. The number of oxazole rings is 1. The van der Waals surface area contributed by atoms with Crippen molar-refractivity contribution in [3.05, 3.63) is 71.2 Å². The van der Waals surface area contributed by atoms with Crippen LogP contribution in [0.3, 0.4) is 0 Å². The molecule has 5 heteroatoms. The Balaban J connectivity index is 2.11. The number of halogens is 1. The lowest BCUT2D eigenvalue weighted by Crippen LogP contribution is -2.13. The Bertz CT molecular complexity index is 804. The molecule has 0 saturated carbocycles. The predicted octanol–water partition coefficient (Wildman–Crippen LogP) is 3.96. The fourth-order valence-electron chi connectivity index (χ4n) is 2.10. The van der Waals surface area contributed by atoms with Crippen molar-refractivity contribution >= 4 is 11.8 Å². The van der Waals surface area contributed by atoms with E-state index in [9.17, 15) is 9.18 Å². The molecule has 0 N–H and O–H groups in total.